The fourth-order valence-electron chi connectivity index (χ4n) is 4.48. The van der Waals surface area contributed by atoms with Gasteiger partial charge in [-0.3, -0.25) is 9.69 Å². The van der Waals surface area contributed by atoms with Crippen molar-refractivity contribution in [2.45, 2.75) is 31.7 Å². The Hall–Kier alpha value is -1.90. The van der Waals surface area contributed by atoms with Gasteiger partial charge in [-0.15, -0.1) is 0 Å². The third kappa shape index (κ3) is 2.81. The van der Waals surface area contributed by atoms with E-state index in [1.54, 1.807) is 6.07 Å². The number of nitriles is 1. The summed E-state index contributed by atoms with van der Waals surface area (Å²) in [5.41, 5.74) is 1.55. The van der Waals surface area contributed by atoms with E-state index < -0.39 is 0 Å². The third-order valence-electron chi connectivity index (χ3n) is 5.78. The molecule has 5 heteroatoms. The number of carbonyl (C=O) groups is 1. The molecule has 126 valence electrons. The Kier molecular flexibility index (Phi) is 4.03. The van der Waals surface area contributed by atoms with Crippen LogP contribution in [-0.4, -0.2) is 49.7 Å². The smallest absolute Gasteiger partial charge is 0.227 e. The number of amides is 1. The first kappa shape index (κ1) is 15.6. The number of carbonyl (C=O) groups excluding carboxylic acids is 1. The molecule has 1 atom stereocenters. The van der Waals surface area contributed by atoms with Crippen molar-refractivity contribution < 1.29 is 9.53 Å². The first-order chi connectivity index (χ1) is 11.7. The van der Waals surface area contributed by atoms with Gasteiger partial charge < -0.3 is 9.64 Å². The molecule has 0 N–H and O–H groups in total. The van der Waals surface area contributed by atoms with Gasteiger partial charge in [-0.1, -0.05) is 6.07 Å². The number of likely N-dealkylation sites (tertiary alicyclic amines) is 1. The van der Waals surface area contributed by atoms with Crippen molar-refractivity contribution in [2.75, 3.05) is 37.7 Å². The van der Waals surface area contributed by atoms with E-state index in [4.69, 9.17) is 10.00 Å². The average Bonchev–Trinajstić information content (AvgIpc) is 3.19. The molecule has 3 heterocycles. The summed E-state index contributed by atoms with van der Waals surface area (Å²) in [5, 5.41) is 9.08. The number of nitrogens with zero attached hydrogens (tertiary/aromatic N) is 3. The van der Waals surface area contributed by atoms with E-state index in [-0.39, 0.29) is 11.3 Å². The largest absolute Gasteiger partial charge is 0.381 e. The van der Waals surface area contributed by atoms with Gasteiger partial charge in [0.05, 0.1) is 11.6 Å². The fraction of sp³-hybridized carbons (Fsp3) is 0.579. The zero-order valence-corrected chi connectivity index (χ0v) is 13.9. The molecular formula is C19H23N3O2. The normalized spacial score (nSPS) is 28.6. The zero-order chi connectivity index (χ0) is 16.6. The van der Waals surface area contributed by atoms with Gasteiger partial charge >= 0.3 is 0 Å². The number of hydrogen-bond donors (Lipinski definition) is 0. The van der Waals surface area contributed by atoms with Crippen LogP contribution in [0.3, 0.4) is 0 Å². The van der Waals surface area contributed by atoms with Crippen LogP contribution in [0.1, 0.15) is 31.2 Å². The highest BCUT2D eigenvalue weighted by molar-refractivity contribution is 5.96. The first-order valence-corrected chi connectivity index (χ1v) is 8.81. The predicted molar refractivity (Wildman–Crippen MR) is 90.6 cm³/mol. The van der Waals surface area contributed by atoms with Gasteiger partial charge in [0.2, 0.25) is 5.91 Å². The van der Waals surface area contributed by atoms with Gasteiger partial charge in [0, 0.05) is 49.9 Å². The van der Waals surface area contributed by atoms with E-state index in [2.05, 4.69) is 11.0 Å². The summed E-state index contributed by atoms with van der Waals surface area (Å²) < 4.78 is 5.47. The molecule has 1 aromatic rings. The SMILES string of the molecule is N#Cc1cccc(N2CC3(CCN(C4CCOCC4)C3)CC2=O)c1. The molecule has 1 unspecified atom stereocenters. The lowest BCUT2D eigenvalue weighted by Crippen LogP contribution is -2.40. The van der Waals surface area contributed by atoms with Gasteiger partial charge in [-0.05, 0) is 44.0 Å². The molecule has 1 spiro atoms. The van der Waals surface area contributed by atoms with Crippen LogP contribution in [-0.2, 0) is 9.53 Å². The Morgan fingerprint density at radius 1 is 1.25 bits per heavy atom. The quantitative estimate of drug-likeness (QED) is 0.836. The Morgan fingerprint density at radius 2 is 2.08 bits per heavy atom. The van der Waals surface area contributed by atoms with Crippen LogP contribution in [0.25, 0.3) is 0 Å². The second-order valence-corrected chi connectivity index (χ2v) is 7.38. The summed E-state index contributed by atoms with van der Waals surface area (Å²) in [4.78, 5) is 17.1. The molecule has 0 saturated carbocycles. The fourth-order valence-corrected chi connectivity index (χ4v) is 4.48. The van der Waals surface area contributed by atoms with Crippen LogP contribution < -0.4 is 4.90 Å². The van der Waals surface area contributed by atoms with Crippen molar-refractivity contribution in [3.8, 4) is 6.07 Å². The van der Waals surface area contributed by atoms with Crippen LogP contribution in [0.5, 0.6) is 0 Å². The van der Waals surface area contributed by atoms with Gasteiger partial charge in [-0.2, -0.15) is 5.26 Å². The minimum Gasteiger partial charge on any atom is -0.381 e. The van der Waals surface area contributed by atoms with Gasteiger partial charge in [0.15, 0.2) is 0 Å². The van der Waals surface area contributed by atoms with Crippen LogP contribution in [0.2, 0.25) is 0 Å². The number of hydrogen-bond acceptors (Lipinski definition) is 4. The molecule has 1 amide bonds. The van der Waals surface area contributed by atoms with E-state index in [0.29, 0.717) is 18.0 Å². The first-order valence-electron chi connectivity index (χ1n) is 8.81. The van der Waals surface area contributed by atoms with Crippen molar-refractivity contribution >= 4 is 11.6 Å². The summed E-state index contributed by atoms with van der Waals surface area (Å²) in [6, 6.07) is 10.2. The van der Waals surface area contributed by atoms with E-state index in [0.717, 1.165) is 57.8 Å². The molecule has 1 aromatic carbocycles. The molecule has 4 rings (SSSR count). The molecule has 0 aromatic heterocycles. The van der Waals surface area contributed by atoms with E-state index in [9.17, 15) is 4.79 Å². The lowest BCUT2D eigenvalue weighted by Gasteiger charge is -2.32. The van der Waals surface area contributed by atoms with Gasteiger partial charge in [0.25, 0.3) is 0 Å². The Morgan fingerprint density at radius 3 is 2.88 bits per heavy atom. The molecule has 5 nitrogen and oxygen atoms in total. The number of benzene rings is 1. The minimum atomic E-state index is 0.0814. The predicted octanol–water partition coefficient (Wildman–Crippen LogP) is 2.17. The molecule has 3 fully saturated rings. The second kappa shape index (κ2) is 6.19. The summed E-state index contributed by atoms with van der Waals surface area (Å²) in [5.74, 6) is 0.193. The van der Waals surface area contributed by atoms with Crippen LogP contribution in [0.15, 0.2) is 24.3 Å². The average molecular weight is 325 g/mol. The standard InChI is InChI=1S/C19H23N3O2/c20-12-15-2-1-3-17(10-15)22-14-19(11-18(22)23)6-7-21(13-19)16-4-8-24-9-5-16/h1-3,10,16H,4-9,11,13-14H2. The topological polar surface area (TPSA) is 56.6 Å². The lowest BCUT2D eigenvalue weighted by molar-refractivity contribution is -0.117. The highest BCUT2D eigenvalue weighted by atomic mass is 16.5. The maximum Gasteiger partial charge on any atom is 0.227 e. The summed E-state index contributed by atoms with van der Waals surface area (Å²) in [7, 11) is 0. The number of rotatable bonds is 2. The van der Waals surface area contributed by atoms with Crippen molar-refractivity contribution in [1.29, 1.82) is 5.26 Å². The molecule has 0 aliphatic carbocycles. The molecule has 0 radical (unpaired) electrons. The maximum atomic E-state index is 12.6. The van der Waals surface area contributed by atoms with Crippen molar-refractivity contribution in [3.63, 3.8) is 0 Å². The molecule has 3 saturated heterocycles. The van der Waals surface area contributed by atoms with Crippen LogP contribution in [0, 0.1) is 16.7 Å². The monoisotopic (exact) mass is 325 g/mol. The van der Waals surface area contributed by atoms with Crippen LogP contribution in [0.4, 0.5) is 5.69 Å². The van der Waals surface area contributed by atoms with Gasteiger partial charge in [-0.25, -0.2) is 0 Å². The molecule has 3 aliphatic heterocycles. The Labute approximate surface area is 142 Å². The summed E-state index contributed by atoms with van der Waals surface area (Å²) >= 11 is 0. The molecular weight excluding hydrogens is 302 g/mol. The van der Waals surface area contributed by atoms with Crippen molar-refractivity contribution in [3.05, 3.63) is 29.8 Å². The number of anilines is 1. The second-order valence-electron chi connectivity index (χ2n) is 7.38. The molecule has 0 bridgehead atoms. The van der Waals surface area contributed by atoms with Crippen molar-refractivity contribution in [1.82, 2.24) is 4.90 Å². The summed E-state index contributed by atoms with van der Waals surface area (Å²) in [6.45, 7) is 4.60. The molecule has 24 heavy (non-hydrogen) atoms. The van der Waals surface area contributed by atoms with Crippen molar-refractivity contribution in [2.24, 2.45) is 5.41 Å². The minimum absolute atomic E-state index is 0.0814. The highest BCUT2D eigenvalue weighted by Crippen LogP contribution is 2.43. The Balaban J connectivity index is 1.48. The highest BCUT2D eigenvalue weighted by Gasteiger charge is 2.48. The zero-order valence-electron chi connectivity index (χ0n) is 13.9. The summed E-state index contributed by atoms with van der Waals surface area (Å²) in [6.07, 6.45) is 3.93. The third-order valence-corrected chi connectivity index (χ3v) is 5.78. The molecule has 3 aliphatic rings. The van der Waals surface area contributed by atoms with Crippen LogP contribution >= 0.6 is 0 Å². The lowest BCUT2D eigenvalue weighted by atomic mass is 9.86. The maximum absolute atomic E-state index is 12.6. The van der Waals surface area contributed by atoms with Gasteiger partial charge in [0.1, 0.15) is 0 Å². The van der Waals surface area contributed by atoms with E-state index in [1.807, 2.05) is 23.1 Å². The van der Waals surface area contributed by atoms with E-state index in [1.165, 1.54) is 0 Å². The van der Waals surface area contributed by atoms with E-state index >= 15 is 0 Å². The Bertz CT molecular complexity index is 677. The number of ether oxygens (including phenoxy) is 1.